The molecule has 0 unspecified atom stereocenters. The number of hydrazine groups is 1. The molecule has 2 saturated heterocycles. The van der Waals surface area contributed by atoms with E-state index in [1.54, 1.807) is 11.1 Å². The van der Waals surface area contributed by atoms with Crippen molar-refractivity contribution < 1.29 is 37.0 Å². The van der Waals surface area contributed by atoms with Crippen molar-refractivity contribution in [2.75, 3.05) is 50.9 Å². The smallest absolute Gasteiger partial charge is 0.475 e. The minimum Gasteiger partial charge on any atom is -0.475 e. The number of carbonyl (C=O) groups excluding carboxylic acids is 1. The number of carbonyl (C=O) groups is 2. The average molecular weight is 715 g/mol. The molecule has 2 aromatic rings. The Morgan fingerprint density at radius 2 is 1.78 bits per heavy atom. The summed E-state index contributed by atoms with van der Waals surface area (Å²) in [5.41, 5.74) is 3.88. The van der Waals surface area contributed by atoms with Crippen LogP contribution in [0, 0.1) is 23.1 Å². The summed E-state index contributed by atoms with van der Waals surface area (Å²) in [6.07, 6.45) is 3.00. The van der Waals surface area contributed by atoms with Gasteiger partial charge >= 0.3 is 12.1 Å². The number of ether oxygens (including phenoxy) is 1. The number of amides is 1. The quantitative estimate of drug-likeness (QED) is 0.297. The van der Waals surface area contributed by atoms with Crippen molar-refractivity contribution in [1.82, 2.24) is 25.2 Å². The fourth-order valence-electron chi connectivity index (χ4n) is 5.89. The lowest BCUT2D eigenvalue weighted by Gasteiger charge is -2.40. The standard InChI is InChI=1S/C28H35BrFN7O2.C2HF3O2/c29-24-17-32-26(16-31)33-27(24)37(18-20-3-1-2-4-20)34-28(38)21-5-6-25(30)22(15-21)19-35-9-7-23(8-10-35)36-11-13-39-14-12-36;3-2(4,5)1(6)7/h5-6,15,17,20,23H,1-4,7-14,18-19H2,(H,34,38);(H,6,7). The maximum atomic E-state index is 14.8. The van der Waals surface area contributed by atoms with Gasteiger partial charge in [0.25, 0.3) is 5.91 Å². The third-order valence-electron chi connectivity index (χ3n) is 8.30. The summed E-state index contributed by atoms with van der Waals surface area (Å²) in [6.45, 7) is 6.40. The van der Waals surface area contributed by atoms with Gasteiger partial charge in [0, 0.05) is 49.5 Å². The van der Waals surface area contributed by atoms with Crippen molar-refractivity contribution in [3.63, 3.8) is 0 Å². The summed E-state index contributed by atoms with van der Waals surface area (Å²) in [5, 5.41) is 18.1. The van der Waals surface area contributed by atoms with Crippen molar-refractivity contribution >= 4 is 33.6 Å². The number of anilines is 1. The first-order valence-electron chi connectivity index (χ1n) is 15.1. The van der Waals surface area contributed by atoms with Crippen LogP contribution in [0.5, 0.6) is 0 Å². The Morgan fingerprint density at radius 1 is 1.13 bits per heavy atom. The molecule has 16 heteroatoms. The number of benzene rings is 1. The van der Waals surface area contributed by atoms with Gasteiger partial charge in [0.15, 0.2) is 5.82 Å². The fraction of sp³-hybridized carbons (Fsp3) is 0.567. The van der Waals surface area contributed by atoms with E-state index >= 15 is 0 Å². The van der Waals surface area contributed by atoms with Gasteiger partial charge in [-0.25, -0.2) is 14.2 Å². The molecule has 0 bridgehead atoms. The first kappa shape index (κ1) is 35.5. The number of alkyl halides is 3. The zero-order chi connectivity index (χ0) is 33.3. The van der Waals surface area contributed by atoms with Gasteiger partial charge in [-0.2, -0.15) is 23.4 Å². The number of halogens is 5. The van der Waals surface area contributed by atoms with E-state index in [2.05, 4.69) is 41.1 Å². The summed E-state index contributed by atoms with van der Waals surface area (Å²) < 4.78 is 52.6. The number of nitriles is 1. The van der Waals surface area contributed by atoms with Gasteiger partial charge in [-0.1, -0.05) is 12.8 Å². The van der Waals surface area contributed by atoms with E-state index in [1.807, 2.05) is 6.07 Å². The fourth-order valence-corrected chi connectivity index (χ4v) is 6.29. The maximum Gasteiger partial charge on any atom is 0.490 e. The molecule has 3 aliphatic rings. The van der Waals surface area contributed by atoms with Gasteiger partial charge in [0.2, 0.25) is 5.82 Å². The second kappa shape index (κ2) is 16.4. The van der Waals surface area contributed by atoms with Gasteiger partial charge in [-0.15, -0.1) is 0 Å². The van der Waals surface area contributed by atoms with Crippen LogP contribution in [-0.2, 0) is 16.1 Å². The first-order valence-corrected chi connectivity index (χ1v) is 15.9. The van der Waals surface area contributed by atoms with E-state index in [0.29, 0.717) is 46.5 Å². The lowest BCUT2D eigenvalue weighted by atomic mass is 10.0. The summed E-state index contributed by atoms with van der Waals surface area (Å²) in [4.78, 5) is 35.4. The molecule has 5 rings (SSSR count). The Hall–Kier alpha value is -3.39. The van der Waals surface area contributed by atoms with E-state index < -0.39 is 12.1 Å². The molecule has 11 nitrogen and oxygen atoms in total. The zero-order valence-corrected chi connectivity index (χ0v) is 26.7. The number of morpholine rings is 1. The lowest BCUT2D eigenvalue weighted by molar-refractivity contribution is -0.192. The van der Waals surface area contributed by atoms with Crippen molar-refractivity contribution in [2.45, 2.75) is 57.3 Å². The van der Waals surface area contributed by atoms with Crippen molar-refractivity contribution in [2.24, 2.45) is 5.92 Å². The van der Waals surface area contributed by atoms with E-state index in [9.17, 15) is 27.6 Å². The normalized spacial score (nSPS) is 18.3. The molecule has 2 aliphatic heterocycles. The molecule has 1 aliphatic carbocycles. The number of likely N-dealkylation sites (tertiary alicyclic amines) is 1. The number of carboxylic acids is 1. The molecule has 3 fully saturated rings. The molecule has 1 aromatic carbocycles. The number of nitrogens with one attached hydrogen (secondary N) is 1. The van der Waals surface area contributed by atoms with Crippen LogP contribution in [0.2, 0.25) is 0 Å². The number of rotatable bonds is 8. The number of hydrogen-bond donors (Lipinski definition) is 2. The van der Waals surface area contributed by atoms with Crippen molar-refractivity contribution in [3.05, 3.63) is 51.6 Å². The van der Waals surface area contributed by atoms with Crippen LogP contribution >= 0.6 is 15.9 Å². The van der Waals surface area contributed by atoms with E-state index in [0.717, 1.165) is 77.9 Å². The number of carboxylic acid groups (broad SMARTS) is 1. The number of aliphatic carboxylic acids is 1. The van der Waals surface area contributed by atoms with Crippen molar-refractivity contribution in [1.29, 1.82) is 5.26 Å². The molecule has 46 heavy (non-hydrogen) atoms. The highest BCUT2D eigenvalue weighted by Gasteiger charge is 2.38. The zero-order valence-electron chi connectivity index (χ0n) is 25.1. The van der Waals surface area contributed by atoms with Gasteiger partial charge in [-0.3, -0.25) is 25.0 Å². The van der Waals surface area contributed by atoms with E-state index in [4.69, 9.17) is 14.6 Å². The summed E-state index contributed by atoms with van der Waals surface area (Å²) in [6, 6.07) is 7.07. The maximum absolute atomic E-state index is 14.8. The lowest BCUT2D eigenvalue weighted by Crippen LogP contribution is -2.48. The summed E-state index contributed by atoms with van der Waals surface area (Å²) in [5.74, 6) is -2.53. The molecule has 1 saturated carbocycles. The van der Waals surface area contributed by atoms with Gasteiger partial charge in [0.1, 0.15) is 11.9 Å². The molecule has 250 valence electrons. The Morgan fingerprint density at radius 3 is 2.39 bits per heavy atom. The number of piperidine rings is 1. The Bertz CT molecular complexity index is 1390. The Labute approximate surface area is 272 Å². The summed E-state index contributed by atoms with van der Waals surface area (Å²) >= 11 is 3.47. The van der Waals surface area contributed by atoms with Gasteiger partial charge < -0.3 is 9.84 Å². The molecule has 1 aromatic heterocycles. The topological polar surface area (TPSA) is 135 Å². The van der Waals surface area contributed by atoms with Crippen LogP contribution in [0.3, 0.4) is 0 Å². The molecule has 2 N–H and O–H groups in total. The van der Waals surface area contributed by atoms with Crippen molar-refractivity contribution in [3.8, 4) is 6.07 Å². The van der Waals surface area contributed by atoms with Crippen LogP contribution in [0.1, 0.15) is 60.3 Å². The largest absolute Gasteiger partial charge is 0.490 e. The first-order chi connectivity index (χ1) is 21.9. The molecular weight excluding hydrogens is 678 g/mol. The second-order valence-corrected chi connectivity index (χ2v) is 12.3. The summed E-state index contributed by atoms with van der Waals surface area (Å²) in [7, 11) is 0. The highest BCUT2D eigenvalue weighted by Crippen LogP contribution is 2.29. The minimum absolute atomic E-state index is 0.0281. The van der Waals surface area contributed by atoms with Gasteiger partial charge in [0.05, 0.1) is 17.7 Å². The van der Waals surface area contributed by atoms with Crippen LogP contribution in [0.4, 0.5) is 23.4 Å². The molecular formula is C30H36BrF4N7O4. The highest BCUT2D eigenvalue weighted by molar-refractivity contribution is 9.10. The van der Waals surface area contributed by atoms with E-state index in [1.165, 1.54) is 18.3 Å². The third kappa shape index (κ3) is 10.1. The second-order valence-electron chi connectivity index (χ2n) is 11.4. The van der Waals surface area contributed by atoms with Crippen LogP contribution in [0.15, 0.2) is 28.9 Å². The monoisotopic (exact) mass is 713 g/mol. The van der Waals surface area contributed by atoms with E-state index in [-0.39, 0.29) is 17.5 Å². The molecule has 0 atom stereocenters. The average Bonchev–Trinajstić information content (AvgIpc) is 3.56. The van der Waals surface area contributed by atoms with Crippen LogP contribution in [0.25, 0.3) is 0 Å². The number of hydrogen-bond acceptors (Lipinski definition) is 9. The predicted octanol–water partition coefficient (Wildman–Crippen LogP) is 4.52. The molecule has 1 amide bonds. The Kier molecular flexibility index (Phi) is 12.7. The third-order valence-corrected chi connectivity index (χ3v) is 8.86. The number of nitrogens with zero attached hydrogens (tertiary/aromatic N) is 6. The predicted molar refractivity (Wildman–Crippen MR) is 162 cm³/mol. The molecule has 0 radical (unpaired) electrons. The minimum atomic E-state index is -5.08. The molecule has 3 heterocycles. The SMILES string of the molecule is N#Cc1ncc(Br)c(N(CC2CCCC2)NC(=O)c2ccc(F)c(CN3CCC(N4CCOCC4)CC3)c2)n1.O=C(O)C(F)(F)F. The van der Waals surface area contributed by atoms with Crippen LogP contribution < -0.4 is 10.4 Å². The van der Waals surface area contributed by atoms with Crippen LogP contribution in [-0.4, -0.2) is 94.9 Å². The molecule has 0 spiro atoms. The van der Waals surface area contributed by atoms with Gasteiger partial charge in [-0.05, 0) is 78.8 Å². The highest BCUT2D eigenvalue weighted by atomic mass is 79.9. The Balaban J connectivity index is 0.000000617. The number of aromatic nitrogens is 2.